The highest BCUT2D eigenvalue weighted by Gasteiger charge is 2.29. The molecule has 2 aliphatic rings. The molecule has 82 valence electrons. The third-order valence-electron chi connectivity index (χ3n) is 3.40. The maximum atomic E-state index is 4.58. The number of aryl methyl sites for hydroxylation is 1. The highest BCUT2D eigenvalue weighted by molar-refractivity contribution is 7.13. The molecule has 4 heteroatoms. The van der Waals surface area contributed by atoms with Crippen LogP contribution < -0.4 is 10.2 Å². The first-order valence-corrected chi connectivity index (χ1v) is 6.62. The summed E-state index contributed by atoms with van der Waals surface area (Å²) in [5.74, 6) is 0. The smallest absolute Gasteiger partial charge is 0.185 e. The van der Waals surface area contributed by atoms with Crippen LogP contribution in [-0.2, 0) is 0 Å². The fourth-order valence-electron chi connectivity index (χ4n) is 2.60. The number of rotatable bonds is 1. The van der Waals surface area contributed by atoms with Crippen molar-refractivity contribution >= 4 is 16.5 Å². The first-order valence-electron chi connectivity index (χ1n) is 5.74. The molecule has 1 aromatic rings. The minimum absolute atomic E-state index is 0.696. The van der Waals surface area contributed by atoms with Gasteiger partial charge in [-0.1, -0.05) is 0 Å². The third kappa shape index (κ3) is 1.88. The molecule has 2 saturated heterocycles. The summed E-state index contributed by atoms with van der Waals surface area (Å²) in [7, 11) is 0. The van der Waals surface area contributed by atoms with Crippen LogP contribution in [0, 0.1) is 6.92 Å². The number of fused-ring (bicyclic) bond motifs is 2. The molecular formula is C11H17N3S. The van der Waals surface area contributed by atoms with Crippen LogP contribution >= 0.6 is 11.3 Å². The number of hydrogen-bond donors (Lipinski definition) is 1. The Balaban J connectivity index is 1.77. The van der Waals surface area contributed by atoms with Crippen LogP contribution in [0.1, 0.15) is 25.0 Å². The van der Waals surface area contributed by atoms with E-state index in [1.807, 2.05) is 0 Å². The minimum Gasteiger partial charge on any atom is -0.346 e. The zero-order valence-electron chi connectivity index (χ0n) is 9.07. The second-order valence-electron chi connectivity index (χ2n) is 4.64. The van der Waals surface area contributed by atoms with Crippen LogP contribution in [-0.4, -0.2) is 30.2 Å². The van der Waals surface area contributed by atoms with Gasteiger partial charge in [-0.15, -0.1) is 11.3 Å². The summed E-state index contributed by atoms with van der Waals surface area (Å²) < 4.78 is 0. The molecule has 1 aromatic heterocycles. The molecule has 2 aliphatic heterocycles. The topological polar surface area (TPSA) is 28.2 Å². The predicted molar refractivity (Wildman–Crippen MR) is 63.6 cm³/mol. The van der Waals surface area contributed by atoms with E-state index in [1.54, 1.807) is 11.3 Å². The van der Waals surface area contributed by atoms with Gasteiger partial charge in [-0.05, 0) is 26.2 Å². The lowest BCUT2D eigenvalue weighted by molar-refractivity contribution is 0.563. The van der Waals surface area contributed by atoms with Gasteiger partial charge in [-0.25, -0.2) is 4.98 Å². The van der Waals surface area contributed by atoms with Crippen molar-refractivity contribution in [2.45, 2.75) is 38.3 Å². The Morgan fingerprint density at radius 3 is 3.07 bits per heavy atom. The Hall–Kier alpha value is -0.610. The zero-order valence-corrected chi connectivity index (χ0v) is 9.89. The Kier molecular flexibility index (Phi) is 2.41. The van der Waals surface area contributed by atoms with E-state index < -0.39 is 0 Å². The molecule has 3 heterocycles. The van der Waals surface area contributed by atoms with Gasteiger partial charge in [0.05, 0.1) is 5.69 Å². The van der Waals surface area contributed by atoms with E-state index in [-0.39, 0.29) is 0 Å². The average Bonchev–Trinajstić information content (AvgIpc) is 2.74. The zero-order chi connectivity index (χ0) is 10.3. The summed E-state index contributed by atoms with van der Waals surface area (Å²) in [5.41, 5.74) is 1.15. The van der Waals surface area contributed by atoms with Gasteiger partial charge >= 0.3 is 0 Å². The SMILES string of the molecule is Cc1csc(N2CCC3CCC(C2)N3)n1. The minimum atomic E-state index is 0.696. The van der Waals surface area contributed by atoms with Crippen molar-refractivity contribution in [3.63, 3.8) is 0 Å². The second kappa shape index (κ2) is 3.76. The average molecular weight is 223 g/mol. The second-order valence-corrected chi connectivity index (χ2v) is 5.48. The molecule has 2 fully saturated rings. The monoisotopic (exact) mass is 223 g/mol. The van der Waals surface area contributed by atoms with Gasteiger partial charge in [0.1, 0.15) is 0 Å². The summed E-state index contributed by atoms with van der Waals surface area (Å²) in [5, 5.41) is 7.05. The van der Waals surface area contributed by atoms with Crippen molar-refractivity contribution in [2.75, 3.05) is 18.0 Å². The quantitative estimate of drug-likeness (QED) is 0.786. The summed E-state index contributed by atoms with van der Waals surface area (Å²) in [6, 6.07) is 1.46. The number of nitrogens with one attached hydrogen (secondary N) is 1. The lowest BCUT2D eigenvalue weighted by atomic mass is 10.1. The first-order chi connectivity index (χ1) is 7.31. The summed E-state index contributed by atoms with van der Waals surface area (Å²) in [6.07, 6.45) is 3.98. The molecule has 3 rings (SSSR count). The number of hydrogen-bond acceptors (Lipinski definition) is 4. The van der Waals surface area contributed by atoms with Gasteiger partial charge in [0, 0.05) is 30.6 Å². The van der Waals surface area contributed by atoms with E-state index in [0.29, 0.717) is 6.04 Å². The van der Waals surface area contributed by atoms with Gasteiger partial charge in [-0.2, -0.15) is 0 Å². The molecule has 0 spiro atoms. The molecule has 2 atom stereocenters. The molecule has 1 N–H and O–H groups in total. The third-order valence-corrected chi connectivity index (χ3v) is 4.42. The van der Waals surface area contributed by atoms with E-state index in [9.17, 15) is 0 Å². The van der Waals surface area contributed by atoms with E-state index in [2.05, 4.69) is 27.5 Å². The summed E-state index contributed by atoms with van der Waals surface area (Å²) in [4.78, 5) is 7.03. The van der Waals surface area contributed by atoms with Gasteiger partial charge < -0.3 is 10.2 Å². The van der Waals surface area contributed by atoms with E-state index in [0.717, 1.165) is 18.3 Å². The highest BCUT2D eigenvalue weighted by atomic mass is 32.1. The van der Waals surface area contributed by atoms with Crippen molar-refractivity contribution in [1.82, 2.24) is 10.3 Å². The molecule has 2 unspecified atom stereocenters. The largest absolute Gasteiger partial charge is 0.346 e. The van der Waals surface area contributed by atoms with Crippen LogP contribution in [0.5, 0.6) is 0 Å². The Morgan fingerprint density at radius 2 is 2.27 bits per heavy atom. The maximum absolute atomic E-state index is 4.58. The molecule has 3 nitrogen and oxygen atoms in total. The van der Waals surface area contributed by atoms with Gasteiger partial charge in [0.2, 0.25) is 0 Å². The van der Waals surface area contributed by atoms with E-state index >= 15 is 0 Å². The van der Waals surface area contributed by atoms with E-state index in [1.165, 1.54) is 30.9 Å². The number of thiazole rings is 1. The molecular weight excluding hydrogens is 206 g/mol. The normalized spacial score (nSPS) is 30.6. The van der Waals surface area contributed by atoms with Crippen molar-refractivity contribution in [3.05, 3.63) is 11.1 Å². The van der Waals surface area contributed by atoms with Crippen LogP contribution in [0.2, 0.25) is 0 Å². The standard InChI is InChI=1S/C11H17N3S/c1-8-7-15-11(12-8)14-5-4-9-2-3-10(6-14)13-9/h7,9-10,13H,2-6H2,1H3. The Bertz CT molecular complexity index is 349. The van der Waals surface area contributed by atoms with Crippen LogP contribution in [0.4, 0.5) is 5.13 Å². The number of nitrogens with zero attached hydrogens (tertiary/aromatic N) is 2. The Morgan fingerprint density at radius 1 is 1.40 bits per heavy atom. The molecule has 0 saturated carbocycles. The van der Waals surface area contributed by atoms with Crippen molar-refractivity contribution in [3.8, 4) is 0 Å². The van der Waals surface area contributed by atoms with Crippen molar-refractivity contribution in [2.24, 2.45) is 0 Å². The molecule has 0 aromatic carbocycles. The van der Waals surface area contributed by atoms with Crippen LogP contribution in [0.15, 0.2) is 5.38 Å². The molecule has 0 radical (unpaired) electrons. The lowest BCUT2D eigenvalue weighted by Gasteiger charge is -2.23. The maximum Gasteiger partial charge on any atom is 0.185 e. The van der Waals surface area contributed by atoms with Crippen LogP contribution in [0.25, 0.3) is 0 Å². The fraction of sp³-hybridized carbons (Fsp3) is 0.727. The van der Waals surface area contributed by atoms with Gasteiger partial charge in [-0.3, -0.25) is 0 Å². The van der Waals surface area contributed by atoms with Gasteiger partial charge in [0.15, 0.2) is 5.13 Å². The predicted octanol–water partition coefficient (Wildman–Crippen LogP) is 1.78. The lowest BCUT2D eigenvalue weighted by Crippen LogP contribution is -2.35. The van der Waals surface area contributed by atoms with Crippen molar-refractivity contribution < 1.29 is 0 Å². The fourth-order valence-corrected chi connectivity index (χ4v) is 3.44. The molecule has 2 bridgehead atoms. The van der Waals surface area contributed by atoms with E-state index in [4.69, 9.17) is 0 Å². The Labute approximate surface area is 94.5 Å². The first kappa shape index (κ1) is 9.60. The summed E-state index contributed by atoms with van der Waals surface area (Å²) >= 11 is 1.78. The molecule has 0 aliphatic carbocycles. The summed E-state index contributed by atoms with van der Waals surface area (Å²) in [6.45, 7) is 4.38. The number of aromatic nitrogens is 1. The van der Waals surface area contributed by atoms with Crippen LogP contribution in [0.3, 0.4) is 0 Å². The molecule has 15 heavy (non-hydrogen) atoms. The van der Waals surface area contributed by atoms with Gasteiger partial charge in [0.25, 0.3) is 0 Å². The highest BCUT2D eigenvalue weighted by Crippen LogP contribution is 2.26. The molecule has 0 amide bonds. The van der Waals surface area contributed by atoms with Crippen molar-refractivity contribution in [1.29, 1.82) is 0 Å². The number of anilines is 1.